The second-order valence-electron chi connectivity index (χ2n) is 9.06. The van der Waals surface area contributed by atoms with Crippen LogP contribution in [-0.4, -0.2) is 26.6 Å². The Bertz CT molecular complexity index is 1280. The predicted octanol–water partition coefficient (Wildman–Crippen LogP) is 4.68. The van der Waals surface area contributed by atoms with Crippen LogP contribution in [0.5, 0.6) is 0 Å². The summed E-state index contributed by atoms with van der Waals surface area (Å²) in [6.07, 6.45) is 3.22. The third-order valence-corrected chi connectivity index (χ3v) is 5.62. The lowest BCUT2D eigenvalue weighted by Crippen LogP contribution is -2.32. The number of rotatable bonds is 6. The molecule has 2 amide bonds. The molecular weight excluding hydrogens is 432 g/mol. The van der Waals surface area contributed by atoms with Crippen LogP contribution in [0.15, 0.2) is 78.8 Å². The molecule has 8 nitrogen and oxygen atoms in total. The van der Waals surface area contributed by atoms with E-state index in [0.717, 1.165) is 10.5 Å². The zero-order valence-corrected chi connectivity index (χ0v) is 19.1. The fourth-order valence-electron chi connectivity index (χ4n) is 3.73. The summed E-state index contributed by atoms with van der Waals surface area (Å²) >= 11 is 0. The van der Waals surface area contributed by atoms with Gasteiger partial charge in [-0.25, -0.2) is 0 Å². The Hall–Kier alpha value is -4.33. The third-order valence-electron chi connectivity index (χ3n) is 5.62. The van der Waals surface area contributed by atoms with Crippen molar-refractivity contribution in [2.24, 2.45) is 0 Å². The molecule has 2 aromatic carbocycles. The summed E-state index contributed by atoms with van der Waals surface area (Å²) < 4.78 is 0. The molecule has 0 aliphatic carbocycles. The van der Waals surface area contributed by atoms with Crippen LogP contribution in [0.4, 0.5) is 11.4 Å². The molecule has 0 fully saturated rings. The molecule has 2 heterocycles. The minimum absolute atomic E-state index is 0.0264. The van der Waals surface area contributed by atoms with Crippen molar-refractivity contribution in [3.05, 3.63) is 106 Å². The van der Waals surface area contributed by atoms with E-state index in [-0.39, 0.29) is 28.9 Å². The lowest BCUT2D eigenvalue weighted by molar-refractivity contribution is -0.384. The van der Waals surface area contributed by atoms with Gasteiger partial charge < -0.3 is 5.32 Å². The lowest BCUT2D eigenvalue weighted by atomic mass is 9.87. The monoisotopic (exact) mass is 456 g/mol. The molecule has 1 N–H and O–H groups in total. The Morgan fingerprint density at radius 1 is 0.971 bits per heavy atom. The van der Waals surface area contributed by atoms with Crippen LogP contribution in [0.1, 0.15) is 37.5 Å². The molecule has 4 rings (SSSR count). The van der Waals surface area contributed by atoms with E-state index in [4.69, 9.17) is 0 Å². The van der Waals surface area contributed by atoms with Gasteiger partial charge in [0.05, 0.1) is 17.0 Å². The van der Waals surface area contributed by atoms with E-state index in [1.54, 1.807) is 24.5 Å². The van der Waals surface area contributed by atoms with Gasteiger partial charge in [0, 0.05) is 30.2 Å². The van der Waals surface area contributed by atoms with Gasteiger partial charge >= 0.3 is 0 Å². The molecule has 3 aromatic rings. The normalized spacial score (nSPS) is 14.0. The summed E-state index contributed by atoms with van der Waals surface area (Å²) in [4.78, 5) is 42.5. The Morgan fingerprint density at radius 2 is 1.65 bits per heavy atom. The number of nitrogens with one attached hydrogen (secondary N) is 1. The number of hydrogen-bond acceptors (Lipinski definition) is 6. The summed E-state index contributed by atoms with van der Waals surface area (Å²) in [5, 5.41) is 14.2. The van der Waals surface area contributed by atoms with Gasteiger partial charge in [0.1, 0.15) is 5.70 Å². The Labute approximate surface area is 197 Å². The molecule has 34 heavy (non-hydrogen) atoms. The van der Waals surface area contributed by atoms with E-state index < -0.39 is 16.7 Å². The van der Waals surface area contributed by atoms with E-state index in [2.05, 4.69) is 31.1 Å². The van der Waals surface area contributed by atoms with E-state index in [9.17, 15) is 19.7 Å². The lowest BCUT2D eigenvalue weighted by Gasteiger charge is -2.19. The van der Waals surface area contributed by atoms with Crippen LogP contribution in [0.3, 0.4) is 0 Å². The standard InChI is InChI=1S/C26H24N4O4/c1-26(2,3)19-8-10-20(11-9-19)28-23-22(18-6-12-21(13-7-18)30(33)34)24(31)29(25(23)32)16-17-5-4-14-27-15-17/h4-15,28H,16H2,1-3H3. The maximum atomic E-state index is 13.4. The van der Waals surface area contributed by atoms with E-state index in [0.29, 0.717) is 16.8 Å². The van der Waals surface area contributed by atoms with Gasteiger partial charge in [0.2, 0.25) is 0 Å². The molecule has 0 saturated heterocycles. The number of carbonyl (C=O) groups excluding carboxylic acids is 2. The minimum atomic E-state index is -0.509. The van der Waals surface area contributed by atoms with E-state index in [1.165, 1.54) is 24.3 Å². The number of imide groups is 1. The van der Waals surface area contributed by atoms with Crippen molar-refractivity contribution < 1.29 is 14.5 Å². The van der Waals surface area contributed by atoms with Crippen molar-refractivity contribution in [3.8, 4) is 0 Å². The average molecular weight is 457 g/mol. The highest BCUT2D eigenvalue weighted by Gasteiger charge is 2.39. The van der Waals surface area contributed by atoms with E-state index >= 15 is 0 Å². The number of non-ortho nitro benzene ring substituents is 1. The van der Waals surface area contributed by atoms with Gasteiger partial charge in [-0.05, 0) is 52.4 Å². The highest BCUT2D eigenvalue weighted by Crippen LogP contribution is 2.33. The molecular formula is C26H24N4O4. The molecule has 1 aliphatic rings. The zero-order chi connectivity index (χ0) is 24.5. The maximum absolute atomic E-state index is 13.4. The molecule has 172 valence electrons. The number of pyridine rings is 1. The largest absolute Gasteiger partial charge is 0.350 e. The van der Waals surface area contributed by atoms with Crippen molar-refractivity contribution in [3.63, 3.8) is 0 Å². The summed E-state index contributed by atoms with van der Waals surface area (Å²) in [6, 6.07) is 16.8. The van der Waals surface area contributed by atoms with Crippen LogP contribution in [0.2, 0.25) is 0 Å². The average Bonchev–Trinajstić information content (AvgIpc) is 3.04. The number of aromatic nitrogens is 1. The van der Waals surface area contributed by atoms with Crippen LogP contribution in [-0.2, 0) is 21.5 Å². The van der Waals surface area contributed by atoms with Crippen LogP contribution >= 0.6 is 0 Å². The van der Waals surface area contributed by atoms with Gasteiger partial charge in [-0.1, -0.05) is 39.0 Å². The van der Waals surface area contributed by atoms with Crippen molar-refractivity contribution in [2.45, 2.75) is 32.7 Å². The Balaban J connectivity index is 1.72. The predicted molar refractivity (Wildman–Crippen MR) is 129 cm³/mol. The second kappa shape index (κ2) is 8.90. The Kier molecular flexibility index (Phi) is 5.98. The fraction of sp³-hybridized carbons (Fsp3) is 0.192. The van der Waals surface area contributed by atoms with Crippen molar-refractivity contribution in [1.29, 1.82) is 0 Å². The first-order valence-electron chi connectivity index (χ1n) is 10.8. The SMILES string of the molecule is CC(C)(C)c1ccc(NC2=C(c3ccc([N+](=O)[O-])cc3)C(=O)N(Cc3cccnc3)C2=O)cc1. The smallest absolute Gasteiger partial charge is 0.278 e. The molecule has 0 unspecified atom stereocenters. The van der Waals surface area contributed by atoms with Gasteiger partial charge in [-0.15, -0.1) is 0 Å². The summed E-state index contributed by atoms with van der Waals surface area (Å²) in [5.74, 6) is -0.946. The zero-order valence-electron chi connectivity index (χ0n) is 19.1. The summed E-state index contributed by atoms with van der Waals surface area (Å²) in [5.41, 5.74) is 3.10. The van der Waals surface area contributed by atoms with Gasteiger partial charge in [-0.3, -0.25) is 29.6 Å². The molecule has 0 radical (unpaired) electrons. The number of nitro benzene ring substituents is 1. The van der Waals surface area contributed by atoms with Gasteiger partial charge in [0.15, 0.2) is 0 Å². The Morgan fingerprint density at radius 3 is 2.21 bits per heavy atom. The topological polar surface area (TPSA) is 105 Å². The van der Waals surface area contributed by atoms with Gasteiger partial charge in [-0.2, -0.15) is 0 Å². The van der Waals surface area contributed by atoms with E-state index in [1.807, 2.05) is 24.3 Å². The fourth-order valence-corrected chi connectivity index (χ4v) is 3.73. The van der Waals surface area contributed by atoms with Crippen LogP contribution in [0.25, 0.3) is 5.57 Å². The first kappa shape index (κ1) is 22.8. The third kappa shape index (κ3) is 4.56. The van der Waals surface area contributed by atoms with Crippen LogP contribution in [0, 0.1) is 10.1 Å². The number of amides is 2. The molecule has 8 heteroatoms. The number of nitrogens with zero attached hydrogens (tertiary/aromatic N) is 3. The number of anilines is 1. The van der Waals surface area contributed by atoms with Crippen molar-refractivity contribution in [2.75, 3.05) is 5.32 Å². The molecule has 0 bridgehead atoms. The molecule has 0 saturated carbocycles. The van der Waals surface area contributed by atoms with Crippen molar-refractivity contribution in [1.82, 2.24) is 9.88 Å². The molecule has 0 spiro atoms. The summed E-state index contributed by atoms with van der Waals surface area (Å²) in [6.45, 7) is 6.40. The number of hydrogen-bond donors (Lipinski definition) is 1. The molecule has 1 aromatic heterocycles. The highest BCUT2D eigenvalue weighted by molar-refractivity contribution is 6.36. The van der Waals surface area contributed by atoms with Crippen molar-refractivity contribution >= 4 is 28.8 Å². The molecule has 0 atom stereocenters. The quantitative estimate of drug-likeness (QED) is 0.328. The number of benzene rings is 2. The highest BCUT2D eigenvalue weighted by atomic mass is 16.6. The first-order chi connectivity index (χ1) is 16.1. The number of carbonyl (C=O) groups is 2. The second-order valence-corrected chi connectivity index (χ2v) is 9.06. The minimum Gasteiger partial charge on any atom is -0.350 e. The summed E-state index contributed by atoms with van der Waals surface area (Å²) in [7, 11) is 0. The first-order valence-corrected chi connectivity index (χ1v) is 10.8. The van der Waals surface area contributed by atoms with Gasteiger partial charge in [0.25, 0.3) is 17.5 Å². The number of nitro groups is 1. The van der Waals surface area contributed by atoms with Crippen LogP contribution < -0.4 is 5.32 Å². The maximum Gasteiger partial charge on any atom is 0.278 e. The molecule has 1 aliphatic heterocycles.